The van der Waals surface area contributed by atoms with Gasteiger partial charge in [0.25, 0.3) is 0 Å². The van der Waals surface area contributed by atoms with Gasteiger partial charge in [0.1, 0.15) is 0 Å². The lowest BCUT2D eigenvalue weighted by molar-refractivity contribution is -0.128. The maximum Gasteiger partial charge on any atom is 0.246 e. The van der Waals surface area contributed by atoms with Crippen LogP contribution in [0.2, 0.25) is 0 Å². The highest BCUT2D eigenvalue weighted by Gasteiger charge is 2.26. The monoisotopic (exact) mass is 336 g/mol. The quantitative estimate of drug-likeness (QED) is 0.848. The third kappa shape index (κ3) is 4.41. The molecule has 126 valence electrons. The van der Waals surface area contributed by atoms with Crippen LogP contribution >= 0.6 is 11.3 Å². The zero-order valence-corrected chi connectivity index (χ0v) is 14.1. The van der Waals surface area contributed by atoms with Crippen molar-refractivity contribution in [1.29, 1.82) is 0 Å². The molecule has 0 radical (unpaired) electrons. The van der Waals surface area contributed by atoms with Gasteiger partial charge in [0.2, 0.25) is 5.91 Å². The number of piperazine rings is 1. The van der Waals surface area contributed by atoms with Gasteiger partial charge in [-0.15, -0.1) is 11.3 Å². The van der Waals surface area contributed by atoms with Crippen molar-refractivity contribution in [3.63, 3.8) is 0 Å². The predicted octanol–water partition coefficient (Wildman–Crippen LogP) is 1.58. The lowest BCUT2D eigenvalue weighted by Gasteiger charge is -2.40. The van der Waals surface area contributed by atoms with Gasteiger partial charge in [-0.3, -0.25) is 9.69 Å². The molecule has 5 nitrogen and oxygen atoms in total. The van der Waals surface area contributed by atoms with Crippen LogP contribution in [0, 0.1) is 0 Å². The highest BCUT2D eigenvalue weighted by molar-refractivity contribution is 7.11. The van der Waals surface area contributed by atoms with Crippen molar-refractivity contribution in [2.75, 3.05) is 39.4 Å². The van der Waals surface area contributed by atoms with Crippen LogP contribution in [0.3, 0.4) is 0 Å². The second kappa shape index (κ2) is 8.06. The van der Waals surface area contributed by atoms with Crippen molar-refractivity contribution >= 4 is 23.3 Å². The van der Waals surface area contributed by atoms with Crippen molar-refractivity contribution in [3.8, 4) is 0 Å². The molecule has 2 aliphatic rings. The number of ether oxygens (including phenoxy) is 1. The van der Waals surface area contributed by atoms with Crippen LogP contribution in [0.5, 0.6) is 0 Å². The van der Waals surface area contributed by atoms with Crippen LogP contribution in [0.1, 0.15) is 23.3 Å². The van der Waals surface area contributed by atoms with E-state index in [1.165, 1.54) is 0 Å². The molecule has 2 fully saturated rings. The Morgan fingerprint density at radius 2 is 2.04 bits per heavy atom. The minimum atomic E-state index is 0.0481. The highest BCUT2D eigenvalue weighted by atomic mass is 32.1. The molecule has 1 aromatic rings. The standard InChI is InChI=1S/C17H24N2O3S/c20-12-14-11-16(23-13-14)1-2-17(21)19-7-5-18(6-8-19)15-3-9-22-10-4-15/h1-2,11,13,15,20H,3-10,12H2/b2-1+. The molecule has 6 heteroatoms. The summed E-state index contributed by atoms with van der Waals surface area (Å²) in [6, 6.07) is 2.54. The summed E-state index contributed by atoms with van der Waals surface area (Å²) in [5.74, 6) is 0.0792. The summed E-state index contributed by atoms with van der Waals surface area (Å²) in [6.07, 6.45) is 5.72. The fourth-order valence-electron chi connectivity index (χ4n) is 3.18. The molecular weight excluding hydrogens is 312 g/mol. The summed E-state index contributed by atoms with van der Waals surface area (Å²) in [7, 11) is 0. The number of nitrogens with zero attached hydrogens (tertiary/aromatic N) is 2. The molecule has 0 spiro atoms. The first kappa shape index (κ1) is 16.6. The SMILES string of the molecule is O=C(/C=C/c1cc(CO)cs1)N1CCN(C2CCOCC2)CC1. The Labute approximate surface area is 141 Å². The third-order valence-electron chi connectivity index (χ3n) is 4.58. The number of rotatable bonds is 4. The summed E-state index contributed by atoms with van der Waals surface area (Å²) >= 11 is 1.54. The largest absolute Gasteiger partial charge is 0.392 e. The van der Waals surface area contributed by atoms with Gasteiger partial charge >= 0.3 is 0 Å². The van der Waals surface area contributed by atoms with Crippen LogP contribution in [0.4, 0.5) is 0 Å². The van der Waals surface area contributed by atoms with Gasteiger partial charge in [0.05, 0.1) is 6.61 Å². The Balaban J connectivity index is 1.47. The van der Waals surface area contributed by atoms with Crippen LogP contribution in [0.25, 0.3) is 6.08 Å². The van der Waals surface area contributed by atoms with E-state index in [1.54, 1.807) is 17.4 Å². The minimum absolute atomic E-state index is 0.0481. The summed E-state index contributed by atoms with van der Waals surface area (Å²) in [5.41, 5.74) is 0.896. The van der Waals surface area contributed by atoms with Crippen molar-refractivity contribution in [3.05, 3.63) is 28.0 Å². The zero-order valence-electron chi connectivity index (χ0n) is 13.3. The fraction of sp³-hybridized carbons (Fsp3) is 0.588. The maximum atomic E-state index is 12.3. The molecule has 0 atom stereocenters. The molecule has 0 bridgehead atoms. The van der Waals surface area contributed by atoms with Gasteiger partial charge in [0, 0.05) is 56.4 Å². The van der Waals surface area contributed by atoms with E-state index in [4.69, 9.17) is 9.84 Å². The minimum Gasteiger partial charge on any atom is -0.392 e. The van der Waals surface area contributed by atoms with E-state index in [0.717, 1.165) is 62.7 Å². The summed E-state index contributed by atoms with van der Waals surface area (Å²) in [5, 5.41) is 11.0. The molecule has 0 unspecified atom stereocenters. The van der Waals surface area contributed by atoms with Gasteiger partial charge in [-0.2, -0.15) is 0 Å². The van der Waals surface area contributed by atoms with Crippen LogP contribution in [-0.2, 0) is 16.1 Å². The van der Waals surface area contributed by atoms with E-state index in [2.05, 4.69) is 4.90 Å². The lowest BCUT2D eigenvalue weighted by atomic mass is 10.1. The zero-order chi connectivity index (χ0) is 16.1. The first-order valence-electron chi connectivity index (χ1n) is 8.23. The van der Waals surface area contributed by atoms with Crippen LogP contribution in [-0.4, -0.2) is 66.2 Å². The predicted molar refractivity (Wildman–Crippen MR) is 91.3 cm³/mol. The average molecular weight is 336 g/mol. The number of aliphatic hydroxyl groups excluding tert-OH is 1. The van der Waals surface area contributed by atoms with E-state index in [0.29, 0.717) is 6.04 Å². The summed E-state index contributed by atoms with van der Waals surface area (Å²) in [4.78, 5) is 17.7. The summed E-state index contributed by atoms with van der Waals surface area (Å²) in [6.45, 7) is 5.29. The molecule has 2 aliphatic heterocycles. The van der Waals surface area contributed by atoms with Gasteiger partial charge in [-0.1, -0.05) is 0 Å². The van der Waals surface area contributed by atoms with E-state index in [1.807, 2.05) is 22.4 Å². The second-order valence-electron chi connectivity index (χ2n) is 6.05. The van der Waals surface area contributed by atoms with Crippen molar-refractivity contribution < 1.29 is 14.6 Å². The van der Waals surface area contributed by atoms with Gasteiger partial charge in [-0.25, -0.2) is 0 Å². The molecule has 1 aromatic heterocycles. The first-order chi connectivity index (χ1) is 11.3. The molecule has 1 amide bonds. The van der Waals surface area contributed by atoms with E-state index in [9.17, 15) is 4.79 Å². The molecule has 0 saturated carbocycles. The highest BCUT2D eigenvalue weighted by Crippen LogP contribution is 2.18. The number of aliphatic hydroxyl groups is 1. The molecule has 23 heavy (non-hydrogen) atoms. The normalized spacial score (nSPS) is 21.2. The Hall–Kier alpha value is -1.21. The number of hydrogen-bond donors (Lipinski definition) is 1. The Bertz CT molecular complexity index is 544. The van der Waals surface area contributed by atoms with Gasteiger partial charge < -0.3 is 14.7 Å². The fourth-order valence-corrected chi connectivity index (χ4v) is 3.98. The van der Waals surface area contributed by atoms with Crippen molar-refractivity contribution in [2.24, 2.45) is 0 Å². The van der Waals surface area contributed by atoms with E-state index in [-0.39, 0.29) is 12.5 Å². The molecule has 0 aromatic carbocycles. The molecule has 1 N–H and O–H groups in total. The van der Waals surface area contributed by atoms with E-state index < -0.39 is 0 Å². The second-order valence-corrected chi connectivity index (χ2v) is 7.00. The van der Waals surface area contributed by atoms with Crippen molar-refractivity contribution in [1.82, 2.24) is 9.80 Å². The topological polar surface area (TPSA) is 53.0 Å². The van der Waals surface area contributed by atoms with Gasteiger partial charge in [0.15, 0.2) is 0 Å². The third-order valence-corrected chi connectivity index (χ3v) is 5.53. The number of carbonyl (C=O) groups is 1. The maximum absolute atomic E-state index is 12.3. The number of carbonyl (C=O) groups excluding carboxylic acids is 1. The Morgan fingerprint density at radius 1 is 1.30 bits per heavy atom. The number of thiophene rings is 1. The average Bonchev–Trinajstić information content (AvgIpc) is 3.09. The van der Waals surface area contributed by atoms with Crippen LogP contribution in [0.15, 0.2) is 17.5 Å². The van der Waals surface area contributed by atoms with Crippen LogP contribution < -0.4 is 0 Å². The lowest BCUT2D eigenvalue weighted by Crippen LogP contribution is -2.52. The molecular formula is C17H24N2O3S. The van der Waals surface area contributed by atoms with Gasteiger partial charge in [-0.05, 0) is 35.9 Å². The smallest absolute Gasteiger partial charge is 0.246 e. The summed E-state index contributed by atoms with van der Waals surface area (Å²) < 4.78 is 5.42. The Morgan fingerprint density at radius 3 is 2.70 bits per heavy atom. The molecule has 0 aliphatic carbocycles. The molecule has 3 rings (SSSR count). The number of amides is 1. The molecule has 2 saturated heterocycles. The molecule has 3 heterocycles. The Kier molecular flexibility index (Phi) is 5.83. The first-order valence-corrected chi connectivity index (χ1v) is 9.11. The van der Waals surface area contributed by atoms with E-state index >= 15 is 0 Å². The number of hydrogen-bond acceptors (Lipinski definition) is 5. The van der Waals surface area contributed by atoms with Crippen molar-refractivity contribution in [2.45, 2.75) is 25.5 Å².